The monoisotopic (exact) mass is 319 g/mol. The van der Waals surface area contributed by atoms with Gasteiger partial charge in [0.2, 0.25) is 0 Å². The molecule has 5 nitrogen and oxygen atoms in total. The Morgan fingerprint density at radius 1 is 1.30 bits per heavy atom. The molecule has 0 aromatic heterocycles. The van der Waals surface area contributed by atoms with E-state index < -0.39 is 0 Å². The molecule has 0 atom stereocenters. The number of hydrogen-bond donors (Lipinski definition) is 2. The highest BCUT2D eigenvalue weighted by atomic mass is 16.5. The van der Waals surface area contributed by atoms with Crippen LogP contribution in [0.1, 0.15) is 39.9 Å². The Hall–Kier alpha value is -1.59. The number of benzene rings is 1. The van der Waals surface area contributed by atoms with E-state index in [1.165, 1.54) is 0 Å². The van der Waals surface area contributed by atoms with E-state index in [2.05, 4.69) is 10.2 Å². The summed E-state index contributed by atoms with van der Waals surface area (Å²) in [5, 5.41) is 3.18. The van der Waals surface area contributed by atoms with Crippen LogP contribution >= 0.6 is 0 Å². The Morgan fingerprint density at radius 3 is 2.57 bits per heavy atom. The van der Waals surface area contributed by atoms with Crippen molar-refractivity contribution in [3.8, 4) is 0 Å². The summed E-state index contributed by atoms with van der Waals surface area (Å²) in [6.07, 6.45) is 2.15. The zero-order valence-electron chi connectivity index (χ0n) is 14.7. The molecule has 0 spiro atoms. The summed E-state index contributed by atoms with van der Waals surface area (Å²) in [6.45, 7) is 9.36. The molecule has 5 heteroatoms. The van der Waals surface area contributed by atoms with E-state index in [-0.39, 0.29) is 5.97 Å². The number of aryl methyl sites for hydroxylation is 1. The number of likely N-dealkylation sites (tertiary alicyclic amines) is 1. The summed E-state index contributed by atoms with van der Waals surface area (Å²) in [4.78, 5) is 14.8. The van der Waals surface area contributed by atoms with Crippen molar-refractivity contribution >= 4 is 11.7 Å². The third kappa shape index (κ3) is 4.24. The number of hydrogen-bond acceptors (Lipinski definition) is 5. The number of carbonyl (C=O) groups is 1. The van der Waals surface area contributed by atoms with Crippen molar-refractivity contribution in [1.29, 1.82) is 0 Å². The molecule has 0 unspecified atom stereocenters. The molecule has 1 aromatic carbocycles. The van der Waals surface area contributed by atoms with E-state index in [0.717, 1.165) is 55.0 Å². The average Bonchev–Trinajstić information content (AvgIpc) is 2.55. The number of nitrogen functional groups attached to an aromatic ring is 1. The first kappa shape index (κ1) is 17.8. The summed E-state index contributed by atoms with van der Waals surface area (Å²) in [7, 11) is 1.97. The van der Waals surface area contributed by atoms with Crippen LogP contribution in [0.5, 0.6) is 0 Å². The smallest absolute Gasteiger partial charge is 0.338 e. The molecule has 1 aliphatic heterocycles. The van der Waals surface area contributed by atoms with E-state index in [1.54, 1.807) is 0 Å². The number of rotatable bonds is 5. The number of ether oxygens (including phenoxy) is 1. The summed E-state index contributed by atoms with van der Waals surface area (Å²) in [6, 6.07) is 1.84. The Morgan fingerprint density at radius 2 is 1.96 bits per heavy atom. The van der Waals surface area contributed by atoms with Crippen molar-refractivity contribution in [2.45, 2.75) is 33.6 Å². The molecule has 23 heavy (non-hydrogen) atoms. The first-order valence-corrected chi connectivity index (χ1v) is 8.34. The molecule has 0 aliphatic carbocycles. The van der Waals surface area contributed by atoms with Gasteiger partial charge in [0.15, 0.2) is 0 Å². The molecule has 1 fully saturated rings. The molecule has 0 radical (unpaired) electrons. The molecule has 1 saturated heterocycles. The van der Waals surface area contributed by atoms with Crippen LogP contribution in [-0.4, -0.2) is 44.3 Å². The number of piperidine rings is 1. The lowest BCUT2D eigenvalue weighted by atomic mass is 9.97. The lowest BCUT2D eigenvalue weighted by Crippen LogP contribution is -2.39. The van der Waals surface area contributed by atoms with Gasteiger partial charge in [-0.15, -0.1) is 0 Å². The van der Waals surface area contributed by atoms with Gasteiger partial charge in [0.25, 0.3) is 0 Å². The van der Waals surface area contributed by atoms with Crippen LogP contribution < -0.4 is 11.1 Å². The van der Waals surface area contributed by atoms with Crippen LogP contribution in [-0.2, 0) is 4.74 Å². The lowest BCUT2D eigenvalue weighted by Gasteiger charge is -2.31. The number of nitrogens with zero attached hydrogens (tertiary/aromatic N) is 1. The number of nitrogens with one attached hydrogen (secondary N) is 1. The van der Waals surface area contributed by atoms with Gasteiger partial charge in [-0.3, -0.25) is 4.90 Å². The third-order valence-corrected chi connectivity index (χ3v) is 4.92. The Balaban J connectivity index is 1.91. The first-order chi connectivity index (χ1) is 10.9. The molecule has 3 N–H and O–H groups in total. The van der Waals surface area contributed by atoms with Gasteiger partial charge in [0.1, 0.15) is 0 Å². The Bertz CT molecular complexity index is 564. The largest absolute Gasteiger partial charge is 0.462 e. The molecule has 1 aromatic rings. The van der Waals surface area contributed by atoms with Crippen molar-refractivity contribution in [2.75, 3.05) is 39.1 Å². The number of carbonyl (C=O) groups excluding carboxylic acids is 1. The van der Waals surface area contributed by atoms with Crippen LogP contribution in [0, 0.1) is 26.7 Å². The van der Waals surface area contributed by atoms with Gasteiger partial charge in [0, 0.05) is 12.4 Å². The maximum atomic E-state index is 12.4. The molecular weight excluding hydrogens is 290 g/mol. The highest BCUT2D eigenvalue weighted by Gasteiger charge is 2.21. The summed E-state index contributed by atoms with van der Waals surface area (Å²) in [5.41, 5.74) is 10.2. The maximum absolute atomic E-state index is 12.4. The normalized spacial score (nSPS) is 16.5. The minimum Gasteiger partial charge on any atom is -0.462 e. The quantitative estimate of drug-likeness (QED) is 0.643. The Labute approximate surface area is 139 Å². The van der Waals surface area contributed by atoms with Gasteiger partial charge in [-0.25, -0.2) is 4.79 Å². The van der Waals surface area contributed by atoms with E-state index >= 15 is 0 Å². The predicted octanol–water partition coefficient (Wildman–Crippen LogP) is 2.24. The fraction of sp³-hybridized carbons (Fsp3) is 0.611. The Kier molecular flexibility index (Phi) is 6.02. The molecule has 0 bridgehead atoms. The van der Waals surface area contributed by atoms with Gasteiger partial charge < -0.3 is 15.8 Å². The van der Waals surface area contributed by atoms with Crippen LogP contribution in [0.4, 0.5) is 5.69 Å². The number of anilines is 1. The van der Waals surface area contributed by atoms with E-state index in [9.17, 15) is 4.79 Å². The zero-order chi connectivity index (χ0) is 17.0. The van der Waals surface area contributed by atoms with Crippen molar-refractivity contribution in [2.24, 2.45) is 5.92 Å². The SMILES string of the molecule is CNCN1CCC(COC(=O)c2cc(C)c(N)c(C)c2C)CC1. The second-order valence-corrected chi connectivity index (χ2v) is 6.58. The average molecular weight is 319 g/mol. The predicted molar refractivity (Wildman–Crippen MR) is 93.6 cm³/mol. The number of esters is 1. The maximum Gasteiger partial charge on any atom is 0.338 e. The molecule has 1 aliphatic rings. The molecular formula is C18H29N3O2. The minimum absolute atomic E-state index is 0.230. The number of nitrogens with two attached hydrogens (primary N) is 1. The van der Waals surface area contributed by atoms with Gasteiger partial charge in [-0.2, -0.15) is 0 Å². The second kappa shape index (κ2) is 7.79. The molecule has 128 valence electrons. The minimum atomic E-state index is -0.230. The van der Waals surface area contributed by atoms with E-state index in [4.69, 9.17) is 10.5 Å². The topological polar surface area (TPSA) is 67.6 Å². The van der Waals surface area contributed by atoms with Crippen molar-refractivity contribution in [1.82, 2.24) is 10.2 Å². The van der Waals surface area contributed by atoms with E-state index in [0.29, 0.717) is 18.1 Å². The van der Waals surface area contributed by atoms with Crippen LogP contribution in [0.15, 0.2) is 6.07 Å². The highest BCUT2D eigenvalue weighted by Crippen LogP contribution is 2.25. The summed E-state index contributed by atoms with van der Waals surface area (Å²) in [5.74, 6) is 0.231. The standard InChI is InChI=1S/C18H29N3O2/c1-12-9-16(13(2)14(3)17(12)19)18(22)23-10-15-5-7-21(8-6-15)11-20-4/h9,15,20H,5-8,10-11,19H2,1-4H3. The molecule has 1 heterocycles. The molecule has 0 saturated carbocycles. The second-order valence-electron chi connectivity index (χ2n) is 6.58. The first-order valence-electron chi connectivity index (χ1n) is 8.34. The van der Waals surface area contributed by atoms with Crippen molar-refractivity contribution < 1.29 is 9.53 Å². The van der Waals surface area contributed by atoms with Gasteiger partial charge >= 0.3 is 5.97 Å². The fourth-order valence-corrected chi connectivity index (χ4v) is 3.12. The summed E-state index contributed by atoms with van der Waals surface area (Å²) < 4.78 is 5.58. The van der Waals surface area contributed by atoms with Crippen molar-refractivity contribution in [3.05, 3.63) is 28.3 Å². The zero-order valence-corrected chi connectivity index (χ0v) is 14.7. The summed E-state index contributed by atoms with van der Waals surface area (Å²) >= 11 is 0. The third-order valence-electron chi connectivity index (χ3n) is 4.92. The molecule has 0 amide bonds. The molecule has 2 rings (SSSR count). The van der Waals surface area contributed by atoms with Gasteiger partial charge in [-0.1, -0.05) is 0 Å². The van der Waals surface area contributed by atoms with Crippen molar-refractivity contribution in [3.63, 3.8) is 0 Å². The van der Waals surface area contributed by atoms with Crippen LogP contribution in [0.3, 0.4) is 0 Å². The van der Waals surface area contributed by atoms with Crippen LogP contribution in [0.2, 0.25) is 0 Å². The lowest BCUT2D eigenvalue weighted by molar-refractivity contribution is 0.0369. The van der Waals surface area contributed by atoms with Gasteiger partial charge in [0.05, 0.1) is 12.2 Å². The highest BCUT2D eigenvalue weighted by molar-refractivity contribution is 5.92. The van der Waals surface area contributed by atoms with Crippen LogP contribution in [0.25, 0.3) is 0 Å². The van der Waals surface area contributed by atoms with E-state index in [1.807, 2.05) is 33.9 Å². The van der Waals surface area contributed by atoms with Gasteiger partial charge in [-0.05, 0) is 82.4 Å². The fourth-order valence-electron chi connectivity index (χ4n) is 3.12.